The predicted octanol–water partition coefficient (Wildman–Crippen LogP) is 0.864. The number of carbonyl (C=O) groups is 4. The van der Waals surface area contributed by atoms with E-state index in [4.69, 9.17) is 9.47 Å². The van der Waals surface area contributed by atoms with Crippen LogP contribution in [-0.2, 0) is 23.9 Å². The summed E-state index contributed by atoms with van der Waals surface area (Å²) in [4.78, 5) is 48.9. The first-order valence-corrected chi connectivity index (χ1v) is 9.74. The fraction of sp³-hybridized carbons (Fsp3) is 0.789. The summed E-state index contributed by atoms with van der Waals surface area (Å²) in [5.74, 6) is -1.22. The molecular formula is C19H31N3O6. The van der Waals surface area contributed by atoms with Crippen LogP contribution in [0.5, 0.6) is 0 Å². The molecule has 9 nitrogen and oxygen atoms in total. The molecule has 1 heterocycles. The Morgan fingerprint density at radius 1 is 1.11 bits per heavy atom. The summed E-state index contributed by atoms with van der Waals surface area (Å²) in [7, 11) is 1.23. The quantitative estimate of drug-likeness (QED) is 0.522. The number of hydrogen-bond donors (Lipinski definition) is 3. The van der Waals surface area contributed by atoms with Crippen LogP contribution >= 0.6 is 0 Å². The molecule has 158 valence electrons. The van der Waals surface area contributed by atoms with Gasteiger partial charge in [0, 0.05) is 12.5 Å². The lowest BCUT2D eigenvalue weighted by atomic mass is 9.98. The Labute approximate surface area is 165 Å². The minimum Gasteiger partial charge on any atom is -0.467 e. The Hall–Kier alpha value is -2.32. The fourth-order valence-corrected chi connectivity index (χ4v) is 3.15. The topological polar surface area (TPSA) is 123 Å². The molecule has 2 aliphatic rings. The summed E-state index contributed by atoms with van der Waals surface area (Å²) in [6.07, 6.45) is 2.56. The maximum Gasteiger partial charge on any atom is 0.408 e. The van der Waals surface area contributed by atoms with Gasteiger partial charge in [-0.2, -0.15) is 0 Å². The molecule has 2 fully saturated rings. The number of carbonyl (C=O) groups excluding carboxylic acids is 4. The van der Waals surface area contributed by atoms with Crippen LogP contribution in [-0.4, -0.2) is 55.2 Å². The molecule has 0 aromatic rings. The van der Waals surface area contributed by atoms with Crippen LogP contribution < -0.4 is 16.0 Å². The Balaban J connectivity index is 2.01. The summed E-state index contributed by atoms with van der Waals surface area (Å²) in [5, 5.41) is 7.97. The van der Waals surface area contributed by atoms with Crippen molar-refractivity contribution in [3.05, 3.63) is 0 Å². The Bertz CT molecular complexity index is 611. The minimum absolute atomic E-state index is 0.135. The summed E-state index contributed by atoms with van der Waals surface area (Å²) >= 11 is 0. The van der Waals surface area contributed by atoms with E-state index in [1.165, 1.54) is 7.11 Å². The van der Waals surface area contributed by atoms with Crippen molar-refractivity contribution < 1.29 is 28.7 Å². The van der Waals surface area contributed by atoms with Crippen molar-refractivity contribution in [1.29, 1.82) is 0 Å². The average Bonchev–Trinajstić information content (AvgIpc) is 3.32. The fourth-order valence-electron chi connectivity index (χ4n) is 3.15. The van der Waals surface area contributed by atoms with Gasteiger partial charge in [0.05, 0.1) is 7.11 Å². The van der Waals surface area contributed by atoms with Gasteiger partial charge in [-0.3, -0.25) is 9.59 Å². The van der Waals surface area contributed by atoms with E-state index in [0.29, 0.717) is 25.3 Å². The van der Waals surface area contributed by atoms with E-state index < -0.39 is 35.7 Å². The van der Waals surface area contributed by atoms with Crippen LogP contribution in [0.3, 0.4) is 0 Å². The van der Waals surface area contributed by atoms with Gasteiger partial charge < -0.3 is 25.4 Å². The van der Waals surface area contributed by atoms with Crippen molar-refractivity contribution in [1.82, 2.24) is 16.0 Å². The predicted molar refractivity (Wildman–Crippen MR) is 100 cm³/mol. The normalized spacial score (nSPS) is 21.3. The molecule has 0 bridgehead atoms. The van der Waals surface area contributed by atoms with E-state index in [0.717, 1.165) is 12.8 Å². The van der Waals surface area contributed by atoms with Crippen LogP contribution in [0.1, 0.15) is 52.9 Å². The summed E-state index contributed by atoms with van der Waals surface area (Å²) in [6.45, 7) is 5.77. The lowest BCUT2D eigenvalue weighted by Crippen LogP contribution is -2.53. The highest BCUT2D eigenvalue weighted by molar-refractivity contribution is 5.90. The molecule has 0 radical (unpaired) electrons. The standard InChI is InChI=1S/C19H31N3O6/c1-19(2,3)28-18(26)22-13(9-11-5-6-11)16(24)21-14(17(25)27-4)10-12-7-8-20-15(12)23/h11-14H,5-10H2,1-4H3,(H,20,23)(H,21,24)(H,22,26)/t12-,13?,14?/m0/s1. The first-order chi connectivity index (χ1) is 13.1. The smallest absolute Gasteiger partial charge is 0.408 e. The zero-order chi connectivity index (χ0) is 20.9. The van der Waals surface area contributed by atoms with Crippen LogP contribution in [0.25, 0.3) is 0 Å². The summed E-state index contributed by atoms with van der Waals surface area (Å²) in [5.41, 5.74) is -0.685. The Kier molecular flexibility index (Phi) is 7.26. The van der Waals surface area contributed by atoms with Gasteiger partial charge in [0.15, 0.2) is 0 Å². The number of amides is 3. The molecular weight excluding hydrogens is 366 g/mol. The number of esters is 1. The summed E-state index contributed by atoms with van der Waals surface area (Å²) in [6, 6.07) is -1.76. The number of alkyl carbamates (subject to hydrolysis) is 1. The molecule has 1 aliphatic heterocycles. The maximum absolute atomic E-state index is 12.8. The van der Waals surface area contributed by atoms with Crippen LogP contribution in [0.15, 0.2) is 0 Å². The maximum atomic E-state index is 12.8. The number of nitrogens with one attached hydrogen (secondary N) is 3. The van der Waals surface area contributed by atoms with E-state index >= 15 is 0 Å². The lowest BCUT2D eigenvalue weighted by molar-refractivity contribution is -0.146. The monoisotopic (exact) mass is 397 g/mol. The number of rotatable bonds is 8. The van der Waals surface area contributed by atoms with Gasteiger partial charge in [-0.1, -0.05) is 12.8 Å². The largest absolute Gasteiger partial charge is 0.467 e. The van der Waals surface area contributed by atoms with Gasteiger partial charge in [-0.25, -0.2) is 9.59 Å². The Morgan fingerprint density at radius 3 is 2.29 bits per heavy atom. The SMILES string of the molecule is COC(=O)C(C[C@@H]1CCNC1=O)NC(=O)C(CC1CC1)NC(=O)OC(C)(C)C. The molecule has 1 aliphatic carbocycles. The molecule has 2 unspecified atom stereocenters. The molecule has 1 saturated heterocycles. The van der Waals surface area contributed by atoms with E-state index in [2.05, 4.69) is 16.0 Å². The summed E-state index contributed by atoms with van der Waals surface area (Å²) < 4.78 is 10.0. The van der Waals surface area contributed by atoms with Gasteiger partial charge >= 0.3 is 12.1 Å². The zero-order valence-electron chi connectivity index (χ0n) is 17.0. The highest BCUT2D eigenvalue weighted by Crippen LogP contribution is 2.33. The highest BCUT2D eigenvalue weighted by atomic mass is 16.6. The minimum atomic E-state index is -0.950. The van der Waals surface area contributed by atoms with E-state index in [1.54, 1.807) is 20.8 Å². The second-order valence-electron chi connectivity index (χ2n) is 8.47. The van der Waals surface area contributed by atoms with Crippen LogP contribution in [0.4, 0.5) is 4.79 Å². The van der Waals surface area contributed by atoms with Crippen molar-refractivity contribution >= 4 is 23.9 Å². The molecule has 3 atom stereocenters. The molecule has 9 heteroatoms. The van der Waals surface area contributed by atoms with Crippen molar-refractivity contribution in [2.24, 2.45) is 11.8 Å². The first-order valence-electron chi connectivity index (χ1n) is 9.74. The second kappa shape index (κ2) is 9.25. The van der Waals surface area contributed by atoms with Crippen molar-refractivity contribution in [2.75, 3.05) is 13.7 Å². The van der Waals surface area contributed by atoms with E-state index in [-0.39, 0.29) is 18.2 Å². The first kappa shape index (κ1) is 22.0. The number of hydrogen-bond acceptors (Lipinski definition) is 6. The van der Waals surface area contributed by atoms with Crippen LogP contribution in [0.2, 0.25) is 0 Å². The lowest BCUT2D eigenvalue weighted by Gasteiger charge is -2.25. The van der Waals surface area contributed by atoms with Gasteiger partial charge in [0.1, 0.15) is 17.7 Å². The molecule has 3 N–H and O–H groups in total. The van der Waals surface area contributed by atoms with Gasteiger partial charge in [0.25, 0.3) is 0 Å². The van der Waals surface area contributed by atoms with Crippen LogP contribution in [0, 0.1) is 11.8 Å². The van der Waals surface area contributed by atoms with Crippen molar-refractivity contribution in [2.45, 2.75) is 70.6 Å². The zero-order valence-corrected chi connectivity index (χ0v) is 17.0. The average molecular weight is 397 g/mol. The third-order valence-corrected chi connectivity index (χ3v) is 4.76. The second-order valence-corrected chi connectivity index (χ2v) is 8.47. The molecule has 0 spiro atoms. The van der Waals surface area contributed by atoms with E-state index in [1.807, 2.05) is 0 Å². The van der Waals surface area contributed by atoms with E-state index in [9.17, 15) is 19.2 Å². The highest BCUT2D eigenvalue weighted by Gasteiger charge is 2.36. The van der Waals surface area contributed by atoms with Gasteiger partial charge in [0.2, 0.25) is 11.8 Å². The molecule has 3 amide bonds. The van der Waals surface area contributed by atoms with Gasteiger partial charge in [-0.05, 0) is 46.0 Å². The van der Waals surface area contributed by atoms with Crippen molar-refractivity contribution in [3.8, 4) is 0 Å². The molecule has 2 rings (SSSR count). The van der Waals surface area contributed by atoms with Crippen molar-refractivity contribution in [3.63, 3.8) is 0 Å². The molecule has 1 saturated carbocycles. The number of methoxy groups -OCH3 is 1. The third kappa shape index (κ3) is 7.01. The Morgan fingerprint density at radius 2 is 1.79 bits per heavy atom. The molecule has 0 aromatic carbocycles. The molecule has 28 heavy (non-hydrogen) atoms. The molecule has 0 aromatic heterocycles. The van der Waals surface area contributed by atoms with Gasteiger partial charge in [-0.15, -0.1) is 0 Å². The third-order valence-electron chi connectivity index (χ3n) is 4.76. The number of ether oxygens (including phenoxy) is 2.